The maximum Gasteiger partial charge on any atom is 0.410 e. The van der Waals surface area contributed by atoms with Gasteiger partial charge in [0.15, 0.2) is 0 Å². The molecule has 1 aliphatic heterocycles. The lowest BCUT2D eigenvalue weighted by Crippen LogP contribution is -2.49. The van der Waals surface area contributed by atoms with Gasteiger partial charge in [-0.3, -0.25) is 15.2 Å². The predicted molar refractivity (Wildman–Crippen MR) is 73.8 cm³/mol. The molecule has 9 heteroatoms. The van der Waals surface area contributed by atoms with Crippen molar-refractivity contribution in [2.24, 2.45) is 0 Å². The van der Waals surface area contributed by atoms with Gasteiger partial charge in [-0.15, -0.1) is 0 Å². The Hall–Kier alpha value is -2.16. The summed E-state index contributed by atoms with van der Waals surface area (Å²) in [6.45, 7) is 6.70. The Morgan fingerprint density at radius 1 is 1.57 bits per heavy atom. The van der Waals surface area contributed by atoms with Gasteiger partial charge in [-0.25, -0.2) is 4.79 Å². The molecule has 1 aliphatic rings. The third-order valence-electron chi connectivity index (χ3n) is 3.02. The fraction of sp³-hybridized carbons (Fsp3) is 0.667. The Morgan fingerprint density at radius 3 is 2.90 bits per heavy atom. The number of ether oxygens (including phenoxy) is 1. The second-order valence-electron chi connectivity index (χ2n) is 5.86. The summed E-state index contributed by atoms with van der Waals surface area (Å²) >= 11 is 0. The lowest BCUT2D eigenvalue weighted by atomic mass is 10.1. The second-order valence-corrected chi connectivity index (χ2v) is 5.86. The molecule has 1 aromatic rings. The van der Waals surface area contributed by atoms with Gasteiger partial charge in [0.1, 0.15) is 17.5 Å². The monoisotopic (exact) mass is 297 g/mol. The third kappa shape index (κ3) is 3.69. The highest BCUT2D eigenvalue weighted by Crippen LogP contribution is 2.25. The highest BCUT2D eigenvalue weighted by Gasteiger charge is 2.32. The summed E-state index contributed by atoms with van der Waals surface area (Å²) in [5, 5.41) is 20.4. The molecule has 0 spiro atoms. The van der Waals surface area contributed by atoms with E-state index in [0.717, 1.165) is 0 Å². The largest absolute Gasteiger partial charge is 0.444 e. The van der Waals surface area contributed by atoms with E-state index in [1.54, 1.807) is 20.8 Å². The molecule has 0 saturated carbocycles. The second kappa shape index (κ2) is 5.68. The smallest absolute Gasteiger partial charge is 0.410 e. The van der Waals surface area contributed by atoms with Crippen molar-refractivity contribution in [3.05, 3.63) is 22.0 Å². The van der Waals surface area contributed by atoms with Crippen LogP contribution in [0.5, 0.6) is 0 Å². The van der Waals surface area contributed by atoms with Crippen LogP contribution in [0.3, 0.4) is 0 Å². The molecule has 0 bridgehead atoms. The molecule has 2 rings (SSSR count). The number of nitrogens with zero attached hydrogens (tertiary/aromatic N) is 3. The van der Waals surface area contributed by atoms with Crippen molar-refractivity contribution in [3.63, 3.8) is 0 Å². The molecule has 1 fully saturated rings. The van der Waals surface area contributed by atoms with Gasteiger partial charge in [-0.05, 0) is 20.8 Å². The lowest BCUT2D eigenvalue weighted by Gasteiger charge is -2.34. The van der Waals surface area contributed by atoms with Crippen LogP contribution in [0.4, 0.5) is 10.5 Å². The average molecular weight is 297 g/mol. The Labute approximate surface area is 121 Å². The molecule has 1 unspecified atom stereocenters. The minimum atomic E-state index is -0.572. The lowest BCUT2D eigenvalue weighted by molar-refractivity contribution is -0.385. The van der Waals surface area contributed by atoms with Crippen molar-refractivity contribution >= 4 is 11.8 Å². The standard InChI is InChI=1S/C12H19N5O4/c1-12(2,3)21-11(18)16-5-4-13-8(7-16)10-9(17(19)20)6-14-15-10/h6,8,13H,4-5,7H2,1-3H3,(H,14,15). The normalized spacial score (nSPS) is 19.4. The SMILES string of the molecule is CC(C)(C)OC(=O)N1CCNC(c2[nH]ncc2[N+](=O)[O-])C1. The van der Waals surface area contributed by atoms with E-state index in [-0.39, 0.29) is 18.3 Å². The zero-order valence-electron chi connectivity index (χ0n) is 12.3. The van der Waals surface area contributed by atoms with Crippen LogP contribution in [-0.2, 0) is 4.74 Å². The van der Waals surface area contributed by atoms with Gasteiger partial charge in [0.05, 0.1) is 11.0 Å². The van der Waals surface area contributed by atoms with E-state index in [1.165, 1.54) is 11.1 Å². The van der Waals surface area contributed by atoms with Crippen molar-refractivity contribution in [2.45, 2.75) is 32.4 Å². The maximum atomic E-state index is 12.1. The minimum absolute atomic E-state index is 0.0847. The van der Waals surface area contributed by atoms with E-state index in [0.29, 0.717) is 18.8 Å². The van der Waals surface area contributed by atoms with Crippen LogP contribution >= 0.6 is 0 Å². The van der Waals surface area contributed by atoms with Gasteiger partial charge in [0.2, 0.25) is 0 Å². The quantitative estimate of drug-likeness (QED) is 0.626. The van der Waals surface area contributed by atoms with Crippen LogP contribution in [0.25, 0.3) is 0 Å². The summed E-state index contributed by atoms with van der Waals surface area (Å²) in [5.41, 5.74) is -0.288. The molecule has 1 aromatic heterocycles. The van der Waals surface area contributed by atoms with Gasteiger partial charge in [0, 0.05) is 19.6 Å². The van der Waals surface area contributed by atoms with Crippen LogP contribution < -0.4 is 5.32 Å². The molecule has 0 aromatic carbocycles. The van der Waals surface area contributed by atoms with Crippen LogP contribution in [0, 0.1) is 10.1 Å². The Kier molecular flexibility index (Phi) is 4.12. The molecule has 2 N–H and O–H groups in total. The van der Waals surface area contributed by atoms with Crippen LogP contribution in [0.2, 0.25) is 0 Å². The summed E-state index contributed by atoms with van der Waals surface area (Å²) < 4.78 is 5.32. The van der Waals surface area contributed by atoms with E-state index >= 15 is 0 Å². The first-order chi connectivity index (χ1) is 9.78. The number of piperazine rings is 1. The number of nitro groups is 1. The summed E-state index contributed by atoms with van der Waals surface area (Å²) in [5.74, 6) is 0. The van der Waals surface area contributed by atoms with Crippen molar-refractivity contribution in [3.8, 4) is 0 Å². The fourth-order valence-corrected chi connectivity index (χ4v) is 2.13. The van der Waals surface area contributed by atoms with Gasteiger partial charge in [-0.2, -0.15) is 5.10 Å². The van der Waals surface area contributed by atoms with Crippen molar-refractivity contribution in [2.75, 3.05) is 19.6 Å². The number of hydrogen-bond donors (Lipinski definition) is 2. The fourth-order valence-electron chi connectivity index (χ4n) is 2.13. The van der Waals surface area contributed by atoms with Gasteiger partial charge < -0.3 is 15.0 Å². The van der Waals surface area contributed by atoms with Gasteiger partial charge in [-0.1, -0.05) is 0 Å². The Morgan fingerprint density at radius 2 is 2.29 bits per heavy atom. The van der Waals surface area contributed by atoms with Crippen LogP contribution in [0.1, 0.15) is 32.5 Å². The summed E-state index contributed by atoms with van der Waals surface area (Å²) in [4.78, 5) is 24.1. The summed E-state index contributed by atoms with van der Waals surface area (Å²) in [6.07, 6.45) is 0.750. The van der Waals surface area contributed by atoms with Crippen LogP contribution in [-0.4, -0.2) is 51.3 Å². The number of amides is 1. The number of H-pyrrole nitrogens is 1. The zero-order valence-corrected chi connectivity index (χ0v) is 12.3. The summed E-state index contributed by atoms with van der Waals surface area (Å²) in [6, 6.07) is -0.367. The number of nitrogens with one attached hydrogen (secondary N) is 2. The van der Waals surface area contributed by atoms with E-state index in [4.69, 9.17) is 4.74 Å². The first-order valence-electron chi connectivity index (χ1n) is 6.67. The van der Waals surface area contributed by atoms with Crippen molar-refractivity contribution in [1.29, 1.82) is 0 Å². The van der Waals surface area contributed by atoms with Crippen molar-refractivity contribution in [1.82, 2.24) is 20.4 Å². The Bertz CT molecular complexity index is 536. The number of carbonyl (C=O) groups is 1. The van der Waals surface area contributed by atoms with Gasteiger partial charge in [0.25, 0.3) is 0 Å². The Balaban J connectivity index is 2.09. The van der Waals surface area contributed by atoms with E-state index < -0.39 is 16.6 Å². The number of rotatable bonds is 2. The van der Waals surface area contributed by atoms with Gasteiger partial charge >= 0.3 is 11.8 Å². The summed E-state index contributed by atoms with van der Waals surface area (Å²) in [7, 11) is 0. The highest BCUT2D eigenvalue weighted by molar-refractivity contribution is 5.68. The first-order valence-corrected chi connectivity index (χ1v) is 6.67. The van der Waals surface area contributed by atoms with E-state index in [2.05, 4.69) is 15.5 Å². The molecular formula is C12H19N5O4. The topological polar surface area (TPSA) is 113 Å². The van der Waals surface area contributed by atoms with Crippen molar-refractivity contribution < 1.29 is 14.5 Å². The third-order valence-corrected chi connectivity index (χ3v) is 3.02. The maximum absolute atomic E-state index is 12.1. The van der Waals surface area contributed by atoms with Crippen LogP contribution in [0.15, 0.2) is 6.20 Å². The number of carbonyl (C=O) groups excluding carboxylic acids is 1. The number of aromatic nitrogens is 2. The average Bonchev–Trinajstić information content (AvgIpc) is 2.86. The molecule has 116 valence electrons. The molecule has 0 aliphatic carbocycles. The minimum Gasteiger partial charge on any atom is -0.444 e. The molecule has 9 nitrogen and oxygen atoms in total. The number of aromatic amines is 1. The molecule has 2 heterocycles. The molecule has 21 heavy (non-hydrogen) atoms. The molecule has 1 amide bonds. The highest BCUT2D eigenvalue weighted by atomic mass is 16.6. The van der Waals surface area contributed by atoms with E-state index in [9.17, 15) is 14.9 Å². The molecule has 0 radical (unpaired) electrons. The zero-order chi connectivity index (χ0) is 15.6. The molecular weight excluding hydrogens is 278 g/mol. The first kappa shape index (κ1) is 15.2. The van der Waals surface area contributed by atoms with E-state index in [1.807, 2.05) is 0 Å². The molecule has 1 saturated heterocycles. The molecule has 1 atom stereocenters. The predicted octanol–water partition coefficient (Wildman–Crippen LogP) is 1.20. The number of hydrogen-bond acceptors (Lipinski definition) is 6.